The number of pyridine rings is 2. The van der Waals surface area contributed by atoms with Crippen molar-refractivity contribution in [3.63, 3.8) is 0 Å². The molecule has 0 unspecified atom stereocenters. The van der Waals surface area contributed by atoms with Crippen LogP contribution in [0.2, 0.25) is 0 Å². The second-order valence-corrected chi connectivity index (χ2v) is 7.54. The molecule has 1 aromatic carbocycles. The second-order valence-electron chi connectivity index (χ2n) is 7.54. The first kappa shape index (κ1) is 17.1. The smallest absolute Gasteiger partial charge is 0.212 e. The number of fused-ring (bicyclic) bond motifs is 3. The van der Waals surface area contributed by atoms with Gasteiger partial charge in [0.25, 0.3) is 0 Å². The van der Waals surface area contributed by atoms with Crippen LogP contribution >= 0.6 is 0 Å². The van der Waals surface area contributed by atoms with Crippen LogP contribution in [0.5, 0.6) is 0 Å². The number of hydrogen-bond donors (Lipinski definition) is 0. The Kier molecular flexibility index (Phi) is 3.98. The van der Waals surface area contributed by atoms with Gasteiger partial charge in [-0.3, -0.25) is 4.57 Å². The molecule has 3 aromatic heterocycles. The quantitative estimate of drug-likeness (QED) is 0.485. The Bertz CT molecular complexity index is 1160. The third kappa shape index (κ3) is 2.79. The van der Waals surface area contributed by atoms with Crippen molar-refractivity contribution < 1.29 is 4.39 Å². The van der Waals surface area contributed by atoms with Crippen LogP contribution in [0.25, 0.3) is 27.8 Å². The van der Waals surface area contributed by atoms with Crippen molar-refractivity contribution in [3.05, 3.63) is 77.6 Å². The number of likely N-dealkylation sites (N-methyl/N-ethyl adjacent to an activating group) is 1. The summed E-state index contributed by atoms with van der Waals surface area (Å²) < 4.78 is 15.4. The molecule has 0 fully saturated rings. The zero-order valence-electron chi connectivity index (χ0n) is 16.0. The molecule has 1 aliphatic heterocycles. The predicted octanol–water partition coefficient (Wildman–Crippen LogP) is 4.52. The van der Waals surface area contributed by atoms with E-state index in [-0.39, 0.29) is 0 Å². The number of aromatic nitrogens is 3. The van der Waals surface area contributed by atoms with Crippen LogP contribution in [0.3, 0.4) is 0 Å². The molecule has 5 heteroatoms. The van der Waals surface area contributed by atoms with Crippen molar-refractivity contribution in [2.45, 2.75) is 19.9 Å². The molecule has 0 N–H and O–H groups in total. The first-order valence-corrected chi connectivity index (χ1v) is 9.50. The minimum atomic E-state index is -0.473. The fourth-order valence-electron chi connectivity index (χ4n) is 4.10. The van der Waals surface area contributed by atoms with E-state index in [1.807, 2.05) is 18.3 Å². The highest BCUT2D eigenvalue weighted by Crippen LogP contribution is 2.33. The SMILES string of the molecule is Cc1ccc2c(c1)c1c(n2-c2ccc(-c3ccc(F)nc3)cn2)CCN(C)C1. The van der Waals surface area contributed by atoms with Crippen LogP contribution < -0.4 is 0 Å². The molecule has 4 heterocycles. The fourth-order valence-corrected chi connectivity index (χ4v) is 4.10. The average Bonchev–Trinajstić information content (AvgIpc) is 3.02. The number of benzene rings is 1. The molecule has 0 aliphatic carbocycles. The Hall–Kier alpha value is -3.05. The lowest BCUT2D eigenvalue weighted by molar-refractivity contribution is 0.311. The topological polar surface area (TPSA) is 34.0 Å². The fraction of sp³-hybridized carbons (Fsp3) is 0.217. The molecule has 0 atom stereocenters. The van der Waals surface area contributed by atoms with Crippen LogP contribution in [-0.4, -0.2) is 33.0 Å². The Balaban J connectivity index is 1.64. The summed E-state index contributed by atoms with van der Waals surface area (Å²) in [4.78, 5) is 10.9. The van der Waals surface area contributed by atoms with Gasteiger partial charge in [-0.1, -0.05) is 11.6 Å². The molecule has 0 radical (unpaired) electrons. The van der Waals surface area contributed by atoms with E-state index in [4.69, 9.17) is 4.98 Å². The van der Waals surface area contributed by atoms with Gasteiger partial charge in [0.15, 0.2) is 0 Å². The molecule has 0 saturated heterocycles. The lowest BCUT2D eigenvalue weighted by atomic mass is 10.0. The van der Waals surface area contributed by atoms with Crippen LogP contribution in [0, 0.1) is 12.9 Å². The summed E-state index contributed by atoms with van der Waals surface area (Å²) in [5, 5.41) is 1.31. The van der Waals surface area contributed by atoms with E-state index in [2.05, 4.69) is 46.6 Å². The molecule has 1 aliphatic rings. The molecule has 140 valence electrons. The van der Waals surface area contributed by atoms with Crippen LogP contribution in [0.4, 0.5) is 4.39 Å². The average molecular weight is 372 g/mol. The maximum atomic E-state index is 13.1. The van der Waals surface area contributed by atoms with Crippen molar-refractivity contribution >= 4 is 10.9 Å². The lowest BCUT2D eigenvalue weighted by Gasteiger charge is -2.24. The third-order valence-electron chi connectivity index (χ3n) is 5.53. The van der Waals surface area contributed by atoms with Gasteiger partial charge in [0, 0.05) is 54.1 Å². The molecule has 4 nitrogen and oxygen atoms in total. The molecule has 4 aromatic rings. The molecule has 0 spiro atoms. The minimum Gasteiger partial charge on any atom is -0.302 e. The number of nitrogens with zero attached hydrogens (tertiary/aromatic N) is 4. The summed E-state index contributed by atoms with van der Waals surface area (Å²) in [5.41, 5.74) is 7.01. The van der Waals surface area contributed by atoms with Crippen molar-refractivity contribution in [2.75, 3.05) is 13.6 Å². The highest BCUT2D eigenvalue weighted by Gasteiger charge is 2.23. The number of rotatable bonds is 2. The van der Waals surface area contributed by atoms with Gasteiger partial charge in [-0.15, -0.1) is 0 Å². The first-order chi connectivity index (χ1) is 13.6. The zero-order valence-corrected chi connectivity index (χ0v) is 16.0. The Morgan fingerprint density at radius 3 is 2.46 bits per heavy atom. The number of halogens is 1. The summed E-state index contributed by atoms with van der Waals surface area (Å²) in [5.74, 6) is 0.442. The normalized spacial score (nSPS) is 14.4. The van der Waals surface area contributed by atoms with E-state index in [1.54, 1.807) is 6.07 Å². The second kappa shape index (κ2) is 6.53. The minimum absolute atomic E-state index is 0.473. The van der Waals surface area contributed by atoms with Gasteiger partial charge in [0.05, 0.1) is 5.52 Å². The first-order valence-electron chi connectivity index (χ1n) is 9.50. The van der Waals surface area contributed by atoms with Crippen molar-refractivity contribution in [2.24, 2.45) is 0 Å². The largest absolute Gasteiger partial charge is 0.302 e. The maximum Gasteiger partial charge on any atom is 0.212 e. The molecule has 0 bridgehead atoms. The van der Waals surface area contributed by atoms with Gasteiger partial charge in [-0.05, 0) is 55.9 Å². The number of aryl methyl sites for hydroxylation is 1. The van der Waals surface area contributed by atoms with Crippen LogP contribution in [-0.2, 0) is 13.0 Å². The summed E-state index contributed by atoms with van der Waals surface area (Å²) >= 11 is 0. The molecule has 5 rings (SSSR count). The van der Waals surface area contributed by atoms with Crippen LogP contribution in [0.1, 0.15) is 16.8 Å². The van der Waals surface area contributed by atoms with Gasteiger partial charge < -0.3 is 4.90 Å². The standard InChI is InChI=1S/C23H21FN4/c1-15-3-6-20-18(11-15)19-14-27(2)10-9-21(19)28(20)23-8-5-17(13-26-23)16-4-7-22(24)25-12-16/h3-8,11-13H,9-10,14H2,1-2H3. The Morgan fingerprint density at radius 2 is 1.75 bits per heavy atom. The van der Waals surface area contributed by atoms with E-state index in [0.717, 1.165) is 36.5 Å². The van der Waals surface area contributed by atoms with Crippen molar-refractivity contribution in [1.29, 1.82) is 0 Å². The summed E-state index contributed by atoms with van der Waals surface area (Å²) in [6.07, 6.45) is 4.38. The summed E-state index contributed by atoms with van der Waals surface area (Å²) in [6.45, 7) is 4.14. The van der Waals surface area contributed by atoms with E-state index < -0.39 is 5.95 Å². The third-order valence-corrected chi connectivity index (χ3v) is 5.53. The Labute approximate surface area is 163 Å². The molecular formula is C23H21FN4. The van der Waals surface area contributed by atoms with Gasteiger partial charge in [-0.25, -0.2) is 9.97 Å². The lowest BCUT2D eigenvalue weighted by Crippen LogP contribution is -2.27. The van der Waals surface area contributed by atoms with E-state index in [9.17, 15) is 4.39 Å². The van der Waals surface area contributed by atoms with Gasteiger partial charge >= 0.3 is 0 Å². The van der Waals surface area contributed by atoms with E-state index >= 15 is 0 Å². The van der Waals surface area contributed by atoms with E-state index in [0.29, 0.717) is 0 Å². The van der Waals surface area contributed by atoms with Crippen LogP contribution in [0.15, 0.2) is 54.9 Å². The van der Waals surface area contributed by atoms with Gasteiger partial charge in [0.2, 0.25) is 5.95 Å². The predicted molar refractivity (Wildman–Crippen MR) is 109 cm³/mol. The highest BCUT2D eigenvalue weighted by molar-refractivity contribution is 5.88. The van der Waals surface area contributed by atoms with Crippen molar-refractivity contribution in [1.82, 2.24) is 19.4 Å². The van der Waals surface area contributed by atoms with E-state index in [1.165, 1.54) is 40.0 Å². The van der Waals surface area contributed by atoms with Gasteiger partial charge in [-0.2, -0.15) is 4.39 Å². The molecular weight excluding hydrogens is 351 g/mol. The summed E-state index contributed by atoms with van der Waals surface area (Å²) in [7, 11) is 2.17. The van der Waals surface area contributed by atoms with Gasteiger partial charge in [0.1, 0.15) is 5.82 Å². The number of hydrogen-bond acceptors (Lipinski definition) is 3. The van der Waals surface area contributed by atoms with Crippen molar-refractivity contribution in [3.8, 4) is 16.9 Å². The summed E-state index contributed by atoms with van der Waals surface area (Å²) in [6, 6.07) is 13.8. The Morgan fingerprint density at radius 1 is 0.964 bits per heavy atom. The molecule has 0 amide bonds. The highest BCUT2D eigenvalue weighted by atomic mass is 19.1. The zero-order chi connectivity index (χ0) is 19.3. The maximum absolute atomic E-state index is 13.1. The molecule has 28 heavy (non-hydrogen) atoms. The monoisotopic (exact) mass is 372 g/mol. The molecule has 0 saturated carbocycles.